The second-order valence-corrected chi connectivity index (χ2v) is 3.55. The fourth-order valence-electron chi connectivity index (χ4n) is 1.21. The summed E-state index contributed by atoms with van der Waals surface area (Å²) >= 11 is 0. The second-order valence-electron chi connectivity index (χ2n) is 3.55. The largest absolute Gasteiger partial charge is 0.595 e. The lowest BCUT2D eigenvalue weighted by atomic mass is 10.3. The van der Waals surface area contributed by atoms with Gasteiger partial charge in [-0.3, -0.25) is 4.79 Å². The van der Waals surface area contributed by atoms with E-state index in [9.17, 15) is 15.1 Å². The van der Waals surface area contributed by atoms with Gasteiger partial charge in [0, 0.05) is 19.1 Å². The summed E-state index contributed by atoms with van der Waals surface area (Å²) < 4.78 is 0. The van der Waals surface area contributed by atoms with Crippen LogP contribution in [-0.4, -0.2) is 16.1 Å². The van der Waals surface area contributed by atoms with Crippen molar-refractivity contribution in [1.29, 1.82) is 0 Å². The molecule has 0 aliphatic heterocycles. The van der Waals surface area contributed by atoms with Gasteiger partial charge in [-0.15, -0.1) is 5.11 Å². The summed E-state index contributed by atoms with van der Waals surface area (Å²) in [6, 6.07) is 5.79. The number of allylic oxidation sites excluding steroid dienone is 2. The van der Waals surface area contributed by atoms with E-state index in [0.717, 1.165) is 0 Å². The number of carbonyl (C=O) groups is 1. The Bertz CT molecular complexity index is 505. The van der Waals surface area contributed by atoms with Gasteiger partial charge in [-0.1, -0.05) is 6.07 Å². The molecule has 1 unspecified atom stereocenters. The third-order valence-corrected chi connectivity index (χ3v) is 2.03. The molecule has 0 spiro atoms. The number of benzene rings is 1. The predicted octanol–water partition coefficient (Wildman–Crippen LogP) is 1.55. The highest BCUT2D eigenvalue weighted by atomic mass is 16.8. The second kappa shape index (κ2) is 6.01. The lowest BCUT2D eigenvalue weighted by Gasteiger charge is -2.10. The number of aliphatic hydroxyl groups is 1. The number of Topliss-reactive ketones (excluding diaryl/α,β-unsaturated/α-hetero) is 1. The molecule has 1 rings (SSSR count). The zero-order chi connectivity index (χ0) is 13.7. The minimum Gasteiger partial charge on any atom is -0.595 e. The first-order chi connectivity index (χ1) is 8.41. The van der Waals surface area contributed by atoms with Gasteiger partial charge in [0.25, 0.3) is 0 Å². The van der Waals surface area contributed by atoms with E-state index in [0.29, 0.717) is 0 Å². The molecule has 0 saturated heterocycles. The minimum absolute atomic E-state index is 0.0699. The molecule has 1 atom stereocenters. The first-order valence-electron chi connectivity index (χ1n) is 5.07. The Balaban J connectivity index is 3.01. The molecule has 3 N–H and O–H groups in total. The van der Waals surface area contributed by atoms with Crippen molar-refractivity contribution in [3.8, 4) is 0 Å². The number of quaternary nitrogens is 1. The number of nitrogens with one attached hydrogen (secondary N) is 1. The van der Waals surface area contributed by atoms with Gasteiger partial charge in [0.2, 0.25) is 0 Å². The average Bonchev–Trinajstić information content (AvgIpc) is 2.28. The van der Waals surface area contributed by atoms with Gasteiger partial charge in [-0.25, -0.2) is 5.21 Å². The van der Waals surface area contributed by atoms with Crippen LogP contribution < -0.4 is 5.23 Å². The molecule has 18 heavy (non-hydrogen) atoms. The molecule has 0 aliphatic rings. The van der Waals surface area contributed by atoms with Gasteiger partial charge in [0.05, 0.1) is 5.69 Å². The molecule has 0 amide bonds. The summed E-state index contributed by atoms with van der Waals surface area (Å²) in [5.41, 5.74) is 0.200. The Kier molecular flexibility index (Phi) is 4.67. The Morgan fingerprint density at radius 2 is 2.06 bits per heavy atom. The van der Waals surface area contributed by atoms with E-state index in [2.05, 4.69) is 10.2 Å². The summed E-state index contributed by atoms with van der Waals surface area (Å²) in [6.07, 6.45) is 0. The maximum absolute atomic E-state index is 11.1. The van der Waals surface area contributed by atoms with Crippen molar-refractivity contribution in [1.82, 2.24) is 0 Å². The Morgan fingerprint density at radius 1 is 1.39 bits per heavy atom. The molecular weight excluding hydrogens is 238 g/mol. The maximum Gasteiger partial charge on any atom is 0.183 e. The van der Waals surface area contributed by atoms with E-state index in [1.54, 1.807) is 6.07 Å². The smallest absolute Gasteiger partial charge is 0.183 e. The van der Waals surface area contributed by atoms with Gasteiger partial charge >= 0.3 is 0 Å². The topological polar surface area (TPSA) is 110 Å². The van der Waals surface area contributed by atoms with E-state index in [-0.39, 0.29) is 22.8 Å². The number of ketones is 1. The minimum atomic E-state index is -1.08. The highest BCUT2D eigenvalue weighted by Gasteiger charge is 2.07. The monoisotopic (exact) mass is 251 g/mol. The summed E-state index contributed by atoms with van der Waals surface area (Å²) in [5, 5.41) is 35.0. The summed E-state index contributed by atoms with van der Waals surface area (Å²) in [6.45, 7) is 2.57. The fraction of sp³-hybridized carbons (Fsp3) is 0.182. The standard InChI is InChI=1S/C11H13N3O4/c1-7(15)11(8(2)16)13-12-9-4-3-5-10(6-9)14(17)18/h3-6,14-15,17H,1-2H3. The van der Waals surface area contributed by atoms with Crippen LogP contribution in [-0.2, 0) is 4.79 Å². The predicted molar refractivity (Wildman–Crippen MR) is 62.7 cm³/mol. The van der Waals surface area contributed by atoms with Gasteiger partial charge in [-0.2, -0.15) is 10.3 Å². The van der Waals surface area contributed by atoms with Crippen LogP contribution in [0, 0.1) is 5.21 Å². The molecule has 96 valence electrons. The van der Waals surface area contributed by atoms with Crippen molar-refractivity contribution < 1.29 is 20.3 Å². The van der Waals surface area contributed by atoms with E-state index in [1.807, 2.05) is 0 Å². The van der Waals surface area contributed by atoms with E-state index in [1.165, 1.54) is 32.0 Å². The molecule has 0 bridgehead atoms. The molecule has 0 saturated carbocycles. The summed E-state index contributed by atoms with van der Waals surface area (Å²) in [4.78, 5) is 11.1. The van der Waals surface area contributed by atoms with Crippen LogP contribution in [0.15, 0.2) is 46.0 Å². The molecule has 0 aromatic heterocycles. The molecule has 0 fully saturated rings. The van der Waals surface area contributed by atoms with Crippen molar-refractivity contribution >= 4 is 17.2 Å². The number of hydrogen-bond donors (Lipinski definition) is 3. The zero-order valence-corrected chi connectivity index (χ0v) is 9.91. The van der Waals surface area contributed by atoms with Crippen molar-refractivity contribution in [3.63, 3.8) is 0 Å². The van der Waals surface area contributed by atoms with Crippen molar-refractivity contribution in [2.45, 2.75) is 13.8 Å². The van der Waals surface area contributed by atoms with Crippen LogP contribution in [0.5, 0.6) is 0 Å². The maximum atomic E-state index is 11.1. The number of nitrogens with zero attached hydrogens (tertiary/aromatic N) is 2. The Morgan fingerprint density at radius 3 is 2.56 bits per heavy atom. The van der Waals surface area contributed by atoms with Crippen LogP contribution in [0.3, 0.4) is 0 Å². The zero-order valence-electron chi connectivity index (χ0n) is 9.91. The van der Waals surface area contributed by atoms with Gasteiger partial charge in [0.1, 0.15) is 5.76 Å². The normalized spacial score (nSPS) is 14.4. The molecule has 7 heteroatoms. The Labute approximate surface area is 103 Å². The van der Waals surface area contributed by atoms with Crippen molar-refractivity contribution in [3.05, 3.63) is 40.9 Å². The van der Waals surface area contributed by atoms with Crippen LogP contribution in [0.4, 0.5) is 11.4 Å². The number of carbonyl (C=O) groups excluding carboxylic acids is 1. The molecule has 1 aromatic rings. The number of hydrogen-bond acceptors (Lipinski definition) is 6. The third-order valence-electron chi connectivity index (χ3n) is 2.03. The highest BCUT2D eigenvalue weighted by Crippen LogP contribution is 2.17. The van der Waals surface area contributed by atoms with E-state index < -0.39 is 11.0 Å². The Hall–Kier alpha value is -2.09. The first-order valence-corrected chi connectivity index (χ1v) is 5.07. The van der Waals surface area contributed by atoms with Crippen LogP contribution in [0.1, 0.15) is 13.8 Å². The molecule has 1 aromatic carbocycles. The summed E-state index contributed by atoms with van der Waals surface area (Å²) in [5.74, 6) is -0.659. The third kappa shape index (κ3) is 3.74. The van der Waals surface area contributed by atoms with Crippen molar-refractivity contribution in [2.75, 3.05) is 0 Å². The highest BCUT2D eigenvalue weighted by molar-refractivity contribution is 5.93. The number of azo groups is 1. The van der Waals surface area contributed by atoms with Gasteiger partial charge < -0.3 is 10.3 Å². The van der Waals surface area contributed by atoms with E-state index in [4.69, 9.17) is 5.21 Å². The summed E-state index contributed by atoms with van der Waals surface area (Å²) in [7, 11) is 0. The number of aliphatic hydroxyl groups excluding tert-OH is 1. The molecule has 0 aliphatic carbocycles. The average molecular weight is 251 g/mol. The van der Waals surface area contributed by atoms with E-state index >= 15 is 0 Å². The molecular formula is C11H13N3O4. The van der Waals surface area contributed by atoms with Crippen LogP contribution in [0.2, 0.25) is 0 Å². The van der Waals surface area contributed by atoms with Gasteiger partial charge in [-0.05, 0) is 13.0 Å². The van der Waals surface area contributed by atoms with Crippen LogP contribution >= 0.6 is 0 Å². The molecule has 0 heterocycles. The molecule has 0 radical (unpaired) electrons. The SMILES string of the molecule is CC(=O)C(N=Nc1cccc([NH+]([O-])O)c1)=C(C)O. The van der Waals surface area contributed by atoms with Gasteiger partial charge in [0.15, 0.2) is 17.2 Å². The lowest BCUT2D eigenvalue weighted by Crippen LogP contribution is -2.99. The first kappa shape index (κ1) is 14.0. The quantitative estimate of drug-likeness (QED) is 0.326. The molecule has 7 nitrogen and oxygen atoms in total. The fourth-order valence-corrected chi connectivity index (χ4v) is 1.21. The number of rotatable bonds is 4. The van der Waals surface area contributed by atoms with Crippen molar-refractivity contribution in [2.24, 2.45) is 10.2 Å². The van der Waals surface area contributed by atoms with Crippen LogP contribution in [0.25, 0.3) is 0 Å². The lowest BCUT2D eigenvalue weighted by molar-refractivity contribution is -0.991.